The Morgan fingerprint density at radius 1 is 1.10 bits per heavy atom. The highest BCUT2D eigenvalue weighted by Crippen LogP contribution is 2.42. The van der Waals surface area contributed by atoms with Crippen molar-refractivity contribution in [3.63, 3.8) is 0 Å². The fourth-order valence-electron chi connectivity index (χ4n) is 3.85. The largest absolute Gasteiger partial charge is 0.497 e. The van der Waals surface area contributed by atoms with Crippen LogP contribution < -0.4 is 19.9 Å². The Labute approximate surface area is 174 Å². The molecule has 0 amide bonds. The summed E-state index contributed by atoms with van der Waals surface area (Å²) in [6, 6.07) is 15.1. The van der Waals surface area contributed by atoms with E-state index in [4.69, 9.17) is 21.1 Å². The quantitative estimate of drug-likeness (QED) is 0.628. The third-order valence-corrected chi connectivity index (χ3v) is 5.62. The van der Waals surface area contributed by atoms with E-state index < -0.39 is 0 Å². The zero-order chi connectivity index (χ0) is 20.4. The van der Waals surface area contributed by atoms with Gasteiger partial charge in [0, 0.05) is 18.2 Å². The standard InChI is InChI=1S/C22H22ClN3O3/c1-28-16-10-11-17(20(13-16)29-2)18-9-6-12-25(18)19-14-24-26(22(27)21(19)23)15-7-4-3-5-8-15/h3-5,7-8,10-11,13-14,18H,6,9,12H2,1-2H3/t18-/m0/s1. The number of nitrogens with zero attached hydrogens (tertiary/aromatic N) is 3. The average molecular weight is 412 g/mol. The van der Waals surface area contributed by atoms with E-state index in [0.29, 0.717) is 11.4 Å². The Bertz CT molecular complexity index is 1070. The molecule has 1 saturated heterocycles. The lowest BCUT2D eigenvalue weighted by atomic mass is 10.0. The normalized spacial score (nSPS) is 16.1. The van der Waals surface area contributed by atoms with Crippen LogP contribution in [0.1, 0.15) is 24.4 Å². The predicted molar refractivity (Wildman–Crippen MR) is 114 cm³/mol. The van der Waals surface area contributed by atoms with Gasteiger partial charge in [0.2, 0.25) is 0 Å². The van der Waals surface area contributed by atoms with Gasteiger partial charge in [-0.25, -0.2) is 0 Å². The summed E-state index contributed by atoms with van der Waals surface area (Å²) in [4.78, 5) is 15.0. The first-order chi connectivity index (χ1) is 14.1. The Hall–Kier alpha value is -2.99. The van der Waals surface area contributed by atoms with Crippen LogP contribution in [0.5, 0.6) is 11.5 Å². The van der Waals surface area contributed by atoms with E-state index in [0.717, 1.165) is 36.4 Å². The molecule has 4 rings (SSSR count). The summed E-state index contributed by atoms with van der Waals surface area (Å²) in [7, 11) is 3.27. The van der Waals surface area contributed by atoms with Crippen LogP contribution in [0.3, 0.4) is 0 Å². The molecular formula is C22H22ClN3O3. The topological polar surface area (TPSA) is 56.6 Å². The van der Waals surface area contributed by atoms with Gasteiger partial charge in [0.1, 0.15) is 16.5 Å². The van der Waals surface area contributed by atoms with E-state index >= 15 is 0 Å². The van der Waals surface area contributed by atoms with Crippen molar-refractivity contribution in [1.29, 1.82) is 0 Å². The molecular weight excluding hydrogens is 390 g/mol. The van der Waals surface area contributed by atoms with Crippen molar-refractivity contribution in [2.24, 2.45) is 0 Å². The van der Waals surface area contributed by atoms with Gasteiger partial charge in [-0.15, -0.1) is 0 Å². The van der Waals surface area contributed by atoms with Crippen molar-refractivity contribution in [2.75, 3.05) is 25.7 Å². The zero-order valence-corrected chi connectivity index (χ0v) is 17.1. The van der Waals surface area contributed by atoms with Crippen molar-refractivity contribution >= 4 is 17.3 Å². The van der Waals surface area contributed by atoms with Crippen LogP contribution >= 0.6 is 11.6 Å². The maximum Gasteiger partial charge on any atom is 0.292 e. The fraction of sp³-hybridized carbons (Fsp3) is 0.273. The number of ether oxygens (including phenoxy) is 2. The molecule has 0 spiro atoms. The molecule has 0 aliphatic carbocycles. The molecule has 1 aliphatic rings. The van der Waals surface area contributed by atoms with Gasteiger partial charge in [0.05, 0.1) is 37.8 Å². The molecule has 7 heteroatoms. The van der Waals surface area contributed by atoms with Gasteiger partial charge in [-0.3, -0.25) is 4.79 Å². The second kappa shape index (κ2) is 8.17. The molecule has 2 aromatic carbocycles. The highest BCUT2D eigenvalue weighted by Gasteiger charge is 2.31. The van der Waals surface area contributed by atoms with Crippen molar-refractivity contribution < 1.29 is 9.47 Å². The number of aromatic nitrogens is 2. The van der Waals surface area contributed by atoms with Gasteiger partial charge in [0.25, 0.3) is 5.56 Å². The number of hydrogen-bond donors (Lipinski definition) is 0. The lowest BCUT2D eigenvalue weighted by Gasteiger charge is -2.28. The van der Waals surface area contributed by atoms with E-state index in [-0.39, 0.29) is 16.6 Å². The van der Waals surface area contributed by atoms with Gasteiger partial charge in [-0.05, 0) is 37.1 Å². The number of hydrogen-bond acceptors (Lipinski definition) is 5. The number of para-hydroxylation sites is 1. The third kappa shape index (κ3) is 3.56. The molecule has 0 unspecified atom stereocenters. The Balaban J connectivity index is 1.73. The molecule has 0 bridgehead atoms. The first-order valence-corrected chi connectivity index (χ1v) is 9.83. The van der Waals surface area contributed by atoms with Crippen LogP contribution in [-0.4, -0.2) is 30.5 Å². The second-order valence-corrected chi connectivity index (χ2v) is 7.23. The highest BCUT2D eigenvalue weighted by atomic mass is 35.5. The van der Waals surface area contributed by atoms with E-state index in [1.54, 1.807) is 20.4 Å². The maximum atomic E-state index is 12.9. The molecule has 1 fully saturated rings. The summed E-state index contributed by atoms with van der Waals surface area (Å²) in [5, 5.41) is 4.55. The van der Waals surface area contributed by atoms with Gasteiger partial charge < -0.3 is 14.4 Å². The molecule has 1 atom stereocenters. The Kier molecular flexibility index (Phi) is 5.45. The summed E-state index contributed by atoms with van der Waals surface area (Å²) >= 11 is 6.54. The Morgan fingerprint density at radius 3 is 2.62 bits per heavy atom. The SMILES string of the molecule is COc1ccc([C@@H]2CCCN2c2cnn(-c3ccccc3)c(=O)c2Cl)c(OC)c1. The number of halogens is 1. The minimum Gasteiger partial charge on any atom is -0.497 e. The third-order valence-electron chi connectivity index (χ3n) is 5.26. The molecule has 6 nitrogen and oxygen atoms in total. The Morgan fingerprint density at radius 2 is 1.90 bits per heavy atom. The van der Waals surface area contributed by atoms with Crippen LogP contribution in [0.4, 0.5) is 5.69 Å². The maximum absolute atomic E-state index is 12.9. The minimum absolute atomic E-state index is 0.0436. The van der Waals surface area contributed by atoms with Crippen molar-refractivity contribution in [1.82, 2.24) is 9.78 Å². The first-order valence-electron chi connectivity index (χ1n) is 9.46. The summed E-state index contributed by atoms with van der Waals surface area (Å²) in [5.41, 5.74) is 2.03. The lowest BCUT2D eigenvalue weighted by Crippen LogP contribution is -2.28. The summed E-state index contributed by atoms with van der Waals surface area (Å²) in [6.07, 6.45) is 3.59. The molecule has 0 N–H and O–H groups in total. The van der Waals surface area contributed by atoms with Gasteiger partial charge in [0.15, 0.2) is 0 Å². The van der Waals surface area contributed by atoms with E-state index in [1.807, 2.05) is 48.5 Å². The number of anilines is 1. The molecule has 150 valence electrons. The fourth-order valence-corrected chi connectivity index (χ4v) is 4.09. The van der Waals surface area contributed by atoms with Crippen LogP contribution in [0.25, 0.3) is 5.69 Å². The summed E-state index contributed by atoms with van der Waals surface area (Å²) < 4.78 is 12.2. The molecule has 0 radical (unpaired) electrons. The van der Waals surface area contributed by atoms with E-state index in [2.05, 4.69) is 10.00 Å². The summed E-state index contributed by atoms with van der Waals surface area (Å²) in [5.74, 6) is 1.49. The lowest BCUT2D eigenvalue weighted by molar-refractivity contribution is 0.388. The monoisotopic (exact) mass is 411 g/mol. The van der Waals surface area contributed by atoms with Gasteiger partial charge in [-0.1, -0.05) is 29.8 Å². The van der Waals surface area contributed by atoms with Crippen LogP contribution in [-0.2, 0) is 0 Å². The smallest absolute Gasteiger partial charge is 0.292 e. The second-order valence-electron chi connectivity index (χ2n) is 6.86. The van der Waals surface area contributed by atoms with Gasteiger partial charge >= 0.3 is 0 Å². The first kappa shape index (κ1) is 19.3. The number of methoxy groups -OCH3 is 2. The molecule has 1 aliphatic heterocycles. The average Bonchev–Trinajstić information content (AvgIpc) is 3.25. The number of rotatable bonds is 5. The molecule has 1 aromatic heterocycles. The van der Waals surface area contributed by atoms with Crippen LogP contribution in [0, 0.1) is 0 Å². The van der Waals surface area contributed by atoms with Crippen LogP contribution in [0.2, 0.25) is 5.02 Å². The van der Waals surface area contributed by atoms with Crippen molar-refractivity contribution in [2.45, 2.75) is 18.9 Å². The molecule has 29 heavy (non-hydrogen) atoms. The van der Waals surface area contributed by atoms with Crippen molar-refractivity contribution in [3.05, 3.63) is 75.7 Å². The van der Waals surface area contributed by atoms with Crippen molar-refractivity contribution in [3.8, 4) is 17.2 Å². The van der Waals surface area contributed by atoms with Gasteiger partial charge in [-0.2, -0.15) is 9.78 Å². The van der Waals surface area contributed by atoms with Crippen LogP contribution in [0.15, 0.2) is 59.5 Å². The minimum atomic E-state index is -0.331. The summed E-state index contributed by atoms with van der Waals surface area (Å²) in [6.45, 7) is 0.788. The molecule has 2 heterocycles. The van der Waals surface area contributed by atoms with E-state index in [1.165, 1.54) is 4.68 Å². The highest BCUT2D eigenvalue weighted by molar-refractivity contribution is 6.33. The molecule has 3 aromatic rings. The predicted octanol–water partition coefficient (Wildman–Crippen LogP) is 4.24. The zero-order valence-electron chi connectivity index (χ0n) is 16.3. The number of benzene rings is 2. The molecule has 0 saturated carbocycles. The van der Waals surface area contributed by atoms with E-state index in [9.17, 15) is 4.79 Å².